The number of guanidine groups is 1. The first-order valence-corrected chi connectivity index (χ1v) is 8.35. The van der Waals surface area contributed by atoms with Crippen LogP contribution < -0.4 is 22.1 Å². The van der Waals surface area contributed by atoms with E-state index in [2.05, 4.69) is 27.2 Å². The molecule has 0 radical (unpaired) electrons. The van der Waals surface area contributed by atoms with Crippen LogP contribution in [0.15, 0.2) is 41.9 Å². The molecule has 0 fully saturated rings. The number of nitrogens with one attached hydrogen (secondary N) is 2. The zero-order valence-electron chi connectivity index (χ0n) is 14.9. The highest BCUT2D eigenvalue weighted by Gasteiger charge is 2.29. The highest BCUT2D eigenvalue weighted by Crippen LogP contribution is 2.40. The number of rotatable bonds is 5. The smallest absolute Gasteiger partial charge is 0.211 e. The average molecular weight is 374 g/mol. The maximum atomic E-state index is 9.37. The van der Waals surface area contributed by atoms with Gasteiger partial charge in [-0.25, -0.2) is 9.98 Å². The molecule has 1 aromatic carbocycles. The van der Waals surface area contributed by atoms with Crippen LogP contribution in [0, 0.1) is 22.8 Å². The fourth-order valence-corrected chi connectivity index (χ4v) is 2.94. The summed E-state index contributed by atoms with van der Waals surface area (Å²) in [5.74, 6) is 0.569. The summed E-state index contributed by atoms with van der Waals surface area (Å²) in [6.07, 6.45) is 3.50. The first kappa shape index (κ1) is 18.7. The topological polar surface area (TPSA) is 158 Å². The number of nitrogen functional groups attached to an aromatic ring is 2. The van der Waals surface area contributed by atoms with Crippen molar-refractivity contribution in [1.82, 2.24) is 10.3 Å². The summed E-state index contributed by atoms with van der Waals surface area (Å²) in [6.45, 7) is 4.47. The highest BCUT2D eigenvalue weighted by atomic mass is 16.5. The Balaban J connectivity index is 2.10. The monoisotopic (exact) mass is 374 g/mol. The standard InChI is InChI=1S/C19H18N8O/c1-2-6-28-9-11-4-3-5-12(7-11)16-14-15(22)13(8-20)17(23)26-18(14)27-19(25-16)24-10-21/h2-5,7,16H,1,6,9H2,(H6,22,23,24,25,26,27). The van der Waals surface area contributed by atoms with E-state index < -0.39 is 6.04 Å². The Morgan fingerprint density at radius 3 is 2.89 bits per heavy atom. The van der Waals surface area contributed by atoms with Crippen molar-refractivity contribution in [3.05, 3.63) is 59.2 Å². The van der Waals surface area contributed by atoms with Crippen LogP contribution in [0.25, 0.3) is 0 Å². The largest absolute Gasteiger partial charge is 0.397 e. The van der Waals surface area contributed by atoms with E-state index in [1.54, 1.807) is 6.08 Å². The molecule has 140 valence electrons. The van der Waals surface area contributed by atoms with Gasteiger partial charge in [0, 0.05) is 5.56 Å². The van der Waals surface area contributed by atoms with Crippen molar-refractivity contribution in [3.63, 3.8) is 0 Å². The molecule has 0 bridgehead atoms. The zero-order valence-corrected chi connectivity index (χ0v) is 14.9. The van der Waals surface area contributed by atoms with E-state index >= 15 is 0 Å². The number of aliphatic imine (C=N–C) groups is 1. The predicted molar refractivity (Wildman–Crippen MR) is 106 cm³/mol. The van der Waals surface area contributed by atoms with Crippen molar-refractivity contribution < 1.29 is 4.74 Å². The van der Waals surface area contributed by atoms with Gasteiger partial charge >= 0.3 is 0 Å². The third-order valence-corrected chi connectivity index (χ3v) is 4.13. The Bertz CT molecular complexity index is 1030. The van der Waals surface area contributed by atoms with Gasteiger partial charge in [0.15, 0.2) is 6.19 Å². The van der Waals surface area contributed by atoms with Crippen molar-refractivity contribution >= 4 is 23.3 Å². The number of fused-ring (bicyclic) bond motifs is 1. The summed E-state index contributed by atoms with van der Waals surface area (Å²) in [7, 11) is 0. The van der Waals surface area contributed by atoms with Crippen LogP contribution in [-0.2, 0) is 11.3 Å². The number of nitriles is 2. The molecule has 2 aromatic rings. The van der Waals surface area contributed by atoms with E-state index in [0.29, 0.717) is 24.6 Å². The van der Waals surface area contributed by atoms with Gasteiger partial charge in [-0.2, -0.15) is 10.5 Å². The summed E-state index contributed by atoms with van der Waals surface area (Å²) in [6, 6.07) is 9.02. The minimum Gasteiger partial charge on any atom is -0.397 e. The van der Waals surface area contributed by atoms with Gasteiger partial charge in [-0.05, 0) is 11.1 Å². The Kier molecular flexibility index (Phi) is 5.40. The molecule has 0 saturated carbocycles. The molecule has 1 aliphatic rings. The molecule has 0 saturated heterocycles. The summed E-state index contributed by atoms with van der Waals surface area (Å²) < 4.78 is 5.50. The molecule has 6 N–H and O–H groups in total. The lowest BCUT2D eigenvalue weighted by Gasteiger charge is -2.26. The van der Waals surface area contributed by atoms with E-state index in [0.717, 1.165) is 11.1 Å². The van der Waals surface area contributed by atoms with Crippen LogP contribution in [0.1, 0.15) is 28.3 Å². The second-order valence-corrected chi connectivity index (χ2v) is 5.95. The van der Waals surface area contributed by atoms with Gasteiger partial charge in [-0.3, -0.25) is 5.32 Å². The first-order valence-electron chi connectivity index (χ1n) is 8.35. The van der Waals surface area contributed by atoms with Crippen LogP contribution in [0.2, 0.25) is 0 Å². The van der Waals surface area contributed by atoms with Crippen molar-refractivity contribution in [2.45, 2.75) is 12.6 Å². The van der Waals surface area contributed by atoms with Gasteiger partial charge in [0.1, 0.15) is 29.3 Å². The summed E-state index contributed by atoms with van der Waals surface area (Å²) >= 11 is 0. The SMILES string of the molecule is C=CCOCc1cccc(C2N=C(NC#N)Nc3nc(N)c(C#N)c(N)c32)c1. The lowest BCUT2D eigenvalue weighted by Crippen LogP contribution is -2.32. The highest BCUT2D eigenvalue weighted by molar-refractivity contribution is 5.98. The van der Waals surface area contributed by atoms with Crippen LogP contribution in [0.5, 0.6) is 0 Å². The molecule has 0 spiro atoms. The molecule has 1 atom stereocenters. The number of aromatic nitrogens is 1. The van der Waals surface area contributed by atoms with E-state index in [-0.39, 0.29) is 23.0 Å². The molecule has 0 amide bonds. The Hall–Kier alpha value is -4.08. The van der Waals surface area contributed by atoms with Crippen LogP contribution in [0.3, 0.4) is 0 Å². The summed E-state index contributed by atoms with van der Waals surface area (Å²) in [5, 5.41) is 23.7. The van der Waals surface area contributed by atoms with E-state index in [9.17, 15) is 5.26 Å². The maximum Gasteiger partial charge on any atom is 0.211 e. The second kappa shape index (κ2) is 8.08. The number of ether oxygens (including phenoxy) is 1. The molecular weight excluding hydrogens is 356 g/mol. The van der Waals surface area contributed by atoms with Gasteiger partial charge < -0.3 is 21.5 Å². The number of nitrogens with two attached hydrogens (primary N) is 2. The van der Waals surface area contributed by atoms with Crippen molar-refractivity contribution in [2.75, 3.05) is 23.4 Å². The fourth-order valence-electron chi connectivity index (χ4n) is 2.94. The van der Waals surface area contributed by atoms with Crippen LogP contribution >= 0.6 is 0 Å². The molecular formula is C19H18N8O. The molecule has 1 unspecified atom stereocenters. The van der Waals surface area contributed by atoms with E-state index in [4.69, 9.17) is 21.5 Å². The third-order valence-electron chi connectivity index (χ3n) is 4.13. The van der Waals surface area contributed by atoms with Crippen LogP contribution in [-0.4, -0.2) is 17.6 Å². The second-order valence-electron chi connectivity index (χ2n) is 5.95. The number of nitrogens with zero attached hydrogens (tertiary/aromatic N) is 4. The van der Waals surface area contributed by atoms with Crippen molar-refractivity contribution in [1.29, 1.82) is 10.5 Å². The van der Waals surface area contributed by atoms with Gasteiger partial charge in [0.25, 0.3) is 0 Å². The van der Waals surface area contributed by atoms with Crippen LogP contribution in [0.4, 0.5) is 17.3 Å². The lowest BCUT2D eigenvalue weighted by atomic mass is 9.94. The Morgan fingerprint density at radius 1 is 1.36 bits per heavy atom. The number of pyridine rings is 1. The number of hydrogen-bond acceptors (Lipinski definition) is 9. The molecule has 28 heavy (non-hydrogen) atoms. The number of benzene rings is 1. The summed E-state index contributed by atoms with van der Waals surface area (Å²) in [4.78, 5) is 8.77. The molecule has 1 aromatic heterocycles. The Morgan fingerprint density at radius 2 is 2.18 bits per heavy atom. The van der Waals surface area contributed by atoms with Gasteiger partial charge in [0.05, 0.1) is 18.9 Å². The maximum absolute atomic E-state index is 9.37. The number of hydrogen-bond donors (Lipinski definition) is 4. The Labute approximate surface area is 162 Å². The third kappa shape index (κ3) is 3.56. The minimum absolute atomic E-state index is 0.00906. The number of anilines is 3. The average Bonchev–Trinajstić information content (AvgIpc) is 2.68. The van der Waals surface area contributed by atoms with Gasteiger partial charge in [-0.15, -0.1) is 6.58 Å². The van der Waals surface area contributed by atoms with E-state index in [1.807, 2.05) is 36.5 Å². The zero-order chi connectivity index (χ0) is 20.1. The molecule has 9 nitrogen and oxygen atoms in total. The lowest BCUT2D eigenvalue weighted by molar-refractivity contribution is 0.149. The first-order chi connectivity index (χ1) is 13.6. The predicted octanol–water partition coefficient (Wildman–Crippen LogP) is 1.76. The quantitative estimate of drug-likeness (QED) is 0.267. The van der Waals surface area contributed by atoms with Crippen molar-refractivity contribution in [2.24, 2.45) is 4.99 Å². The molecule has 3 rings (SSSR count). The minimum atomic E-state index is -0.577. The fraction of sp³-hybridized carbons (Fsp3) is 0.158. The van der Waals surface area contributed by atoms with E-state index in [1.165, 1.54) is 0 Å². The van der Waals surface area contributed by atoms with Crippen molar-refractivity contribution in [3.8, 4) is 12.3 Å². The molecule has 0 aliphatic carbocycles. The normalized spacial score (nSPS) is 14.6. The molecule has 9 heteroatoms. The van der Waals surface area contributed by atoms with Gasteiger partial charge in [0.2, 0.25) is 5.96 Å². The van der Waals surface area contributed by atoms with Gasteiger partial charge in [-0.1, -0.05) is 30.3 Å². The molecule has 2 heterocycles. The molecule has 1 aliphatic heterocycles. The summed E-state index contributed by atoms with van der Waals surface area (Å²) in [5.41, 5.74) is 14.6.